The van der Waals surface area contributed by atoms with E-state index in [0.717, 1.165) is 12.6 Å². The number of aromatic nitrogens is 2. The number of carbonyl (C=O) groups is 1. The first kappa shape index (κ1) is 12.3. The predicted molar refractivity (Wildman–Crippen MR) is 67.8 cm³/mol. The van der Waals surface area contributed by atoms with Crippen LogP contribution in [0.15, 0.2) is 18.3 Å². The molecule has 3 N–H and O–H groups in total. The summed E-state index contributed by atoms with van der Waals surface area (Å²) in [5.41, 5.74) is 5.43. The molecule has 1 fully saturated rings. The minimum atomic E-state index is -0.598. The van der Waals surface area contributed by atoms with E-state index in [1.54, 1.807) is 0 Å². The molecule has 1 heterocycles. The van der Waals surface area contributed by atoms with Crippen molar-refractivity contribution in [2.45, 2.75) is 12.5 Å². The molecule has 1 aromatic rings. The fourth-order valence-corrected chi connectivity index (χ4v) is 3.14. The highest BCUT2D eigenvalue weighted by Crippen LogP contribution is 2.44. The van der Waals surface area contributed by atoms with E-state index in [-0.39, 0.29) is 40.8 Å². The number of halogens is 2. The largest absolute Gasteiger partial charge is 0.369 e. The number of fused-ring (bicyclic) bond motifs is 2. The number of nitrogens with two attached hydrogens (primary N) is 1. The molecule has 19 heavy (non-hydrogen) atoms. The third-order valence-electron chi connectivity index (χ3n) is 3.81. The standard InChI is InChI=1S/C12H12ClFN4O/c13-12-16-4-7(14)11(18-12)17-9-6-2-1-5(3-6)8(9)10(15)19/h1-2,4-6,8-9H,3H2,(H2,15,19)(H,16,17,18)/t5-,6+,8+,9-/m1/s1. The van der Waals surface area contributed by atoms with Crippen LogP contribution in [0.4, 0.5) is 10.2 Å². The maximum Gasteiger partial charge on any atom is 0.224 e. The van der Waals surface area contributed by atoms with Gasteiger partial charge in [0.2, 0.25) is 11.2 Å². The summed E-state index contributed by atoms with van der Waals surface area (Å²) >= 11 is 5.65. The second kappa shape index (κ2) is 4.45. The Bertz CT molecular complexity index is 565. The van der Waals surface area contributed by atoms with Gasteiger partial charge in [-0.25, -0.2) is 9.37 Å². The number of nitrogens with one attached hydrogen (secondary N) is 1. The monoisotopic (exact) mass is 282 g/mol. The molecule has 0 aromatic carbocycles. The summed E-state index contributed by atoms with van der Waals surface area (Å²) in [6.07, 6.45) is 5.88. The lowest BCUT2D eigenvalue weighted by Crippen LogP contribution is -2.41. The number of hydrogen-bond donors (Lipinski definition) is 2. The van der Waals surface area contributed by atoms with Crippen molar-refractivity contribution in [1.82, 2.24) is 9.97 Å². The van der Waals surface area contributed by atoms with Crippen molar-refractivity contribution < 1.29 is 9.18 Å². The van der Waals surface area contributed by atoms with Gasteiger partial charge in [0.25, 0.3) is 0 Å². The van der Waals surface area contributed by atoms with Crippen LogP contribution in [-0.4, -0.2) is 21.9 Å². The highest BCUT2D eigenvalue weighted by molar-refractivity contribution is 6.28. The van der Waals surface area contributed by atoms with E-state index in [0.29, 0.717) is 0 Å². The topological polar surface area (TPSA) is 80.9 Å². The molecule has 100 valence electrons. The summed E-state index contributed by atoms with van der Waals surface area (Å²) in [4.78, 5) is 18.9. The minimum Gasteiger partial charge on any atom is -0.369 e. The molecule has 7 heteroatoms. The zero-order valence-corrected chi connectivity index (χ0v) is 10.6. The summed E-state index contributed by atoms with van der Waals surface area (Å²) in [6, 6.07) is -0.243. The Hall–Kier alpha value is -1.69. The number of amides is 1. The maximum absolute atomic E-state index is 13.6. The molecule has 1 aromatic heterocycles. The lowest BCUT2D eigenvalue weighted by Gasteiger charge is -2.27. The summed E-state index contributed by atoms with van der Waals surface area (Å²) in [5.74, 6) is -1.02. The lowest BCUT2D eigenvalue weighted by molar-refractivity contribution is -0.122. The number of allylic oxidation sites excluding steroid dienone is 1. The van der Waals surface area contributed by atoms with E-state index in [4.69, 9.17) is 17.3 Å². The van der Waals surface area contributed by atoms with Crippen molar-refractivity contribution in [3.8, 4) is 0 Å². The van der Waals surface area contributed by atoms with Crippen LogP contribution in [-0.2, 0) is 4.79 Å². The van der Waals surface area contributed by atoms with E-state index in [1.165, 1.54) is 0 Å². The minimum absolute atomic E-state index is 0.0113. The van der Waals surface area contributed by atoms with E-state index >= 15 is 0 Å². The van der Waals surface area contributed by atoms with E-state index in [2.05, 4.69) is 15.3 Å². The van der Waals surface area contributed by atoms with Crippen LogP contribution in [0, 0.1) is 23.6 Å². The molecule has 0 radical (unpaired) electrons. The molecule has 0 saturated heterocycles. The van der Waals surface area contributed by atoms with Crippen LogP contribution in [0.25, 0.3) is 0 Å². The molecular formula is C12H12ClFN4O. The van der Waals surface area contributed by atoms with Crippen molar-refractivity contribution in [1.29, 1.82) is 0 Å². The third kappa shape index (κ3) is 2.06. The molecule has 2 bridgehead atoms. The average molecular weight is 283 g/mol. The van der Waals surface area contributed by atoms with E-state index in [9.17, 15) is 9.18 Å². The Balaban J connectivity index is 1.88. The number of nitrogens with zero attached hydrogens (tertiary/aromatic N) is 2. The molecular weight excluding hydrogens is 271 g/mol. The van der Waals surface area contributed by atoms with Gasteiger partial charge in [-0.1, -0.05) is 12.2 Å². The second-order valence-corrected chi connectivity index (χ2v) is 5.22. The summed E-state index contributed by atoms with van der Waals surface area (Å²) in [5, 5.41) is 2.91. The van der Waals surface area contributed by atoms with Crippen molar-refractivity contribution in [3.63, 3.8) is 0 Å². The molecule has 5 nitrogen and oxygen atoms in total. The maximum atomic E-state index is 13.6. The number of rotatable bonds is 3. The van der Waals surface area contributed by atoms with Crippen LogP contribution in [0.3, 0.4) is 0 Å². The van der Waals surface area contributed by atoms with Crippen LogP contribution in [0.1, 0.15) is 6.42 Å². The van der Waals surface area contributed by atoms with Crippen LogP contribution < -0.4 is 11.1 Å². The molecule has 1 saturated carbocycles. The first-order valence-electron chi connectivity index (χ1n) is 5.98. The summed E-state index contributed by atoms with van der Waals surface area (Å²) in [6.45, 7) is 0. The Labute approximate surface area is 114 Å². The van der Waals surface area contributed by atoms with Gasteiger partial charge in [-0.3, -0.25) is 4.79 Å². The van der Waals surface area contributed by atoms with Gasteiger partial charge < -0.3 is 11.1 Å². The third-order valence-corrected chi connectivity index (χ3v) is 3.99. The van der Waals surface area contributed by atoms with Gasteiger partial charge in [0.05, 0.1) is 12.1 Å². The van der Waals surface area contributed by atoms with E-state index < -0.39 is 5.82 Å². The molecule has 2 aliphatic carbocycles. The highest BCUT2D eigenvalue weighted by Gasteiger charge is 2.47. The Morgan fingerprint density at radius 1 is 1.47 bits per heavy atom. The van der Waals surface area contributed by atoms with E-state index in [1.807, 2.05) is 12.2 Å². The molecule has 2 aliphatic rings. The predicted octanol–water partition coefficient (Wildman–Crippen LogP) is 1.36. The van der Waals surface area contributed by atoms with Crippen LogP contribution in [0.5, 0.6) is 0 Å². The molecule has 0 unspecified atom stereocenters. The van der Waals surface area contributed by atoms with Gasteiger partial charge in [0, 0.05) is 6.04 Å². The van der Waals surface area contributed by atoms with Gasteiger partial charge in [0.15, 0.2) is 11.6 Å². The number of hydrogen-bond acceptors (Lipinski definition) is 4. The Kier molecular flexibility index (Phi) is 2.89. The zero-order chi connectivity index (χ0) is 13.6. The van der Waals surface area contributed by atoms with Crippen molar-refractivity contribution in [2.24, 2.45) is 23.5 Å². The normalized spacial score (nSPS) is 31.7. The molecule has 0 spiro atoms. The smallest absolute Gasteiger partial charge is 0.224 e. The van der Waals surface area contributed by atoms with Crippen LogP contribution in [0.2, 0.25) is 5.28 Å². The zero-order valence-electron chi connectivity index (χ0n) is 9.88. The van der Waals surface area contributed by atoms with Gasteiger partial charge in [0.1, 0.15) is 0 Å². The van der Waals surface area contributed by atoms with Gasteiger partial charge >= 0.3 is 0 Å². The number of primary amides is 1. The first-order valence-corrected chi connectivity index (χ1v) is 6.36. The van der Waals surface area contributed by atoms with Gasteiger partial charge in [-0.05, 0) is 29.9 Å². The summed E-state index contributed by atoms with van der Waals surface area (Å²) < 4.78 is 13.6. The average Bonchev–Trinajstić information content (AvgIpc) is 2.94. The molecule has 0 aliphatic heterocycles. The molecule has 4 atom stereocenters. The van der Waals surface area contributed by atoms with Gasteiger partial charge in [-0.2, -0.15) is 4.98 Å². The fourth-order valence-electron chi connectivity index (χ4n) is 3.01. The lowest BCUT2D eigenvalue weighted by atomic mass is 9.88. The fraction of sp³-hybridized carbons (Fsp3) is 0.417. The van der Waals surface area contributed by atoms with Crippen molar-refractivity contribution in [3.05, 3.63) is 29.4 Å². The summed E-state index contributed by atoms with van der Waals surface area (Å²) in [7, 11) is 0. The Morgan fingerprint density at radius 2 is 2.21 bits per heavy atom. The second-order valence-electron chi connectivity index (χ2n) is 4.88. The quantitative estimate of drug-likeness (QED) is 0.648. The van der Waals surface area contributed by atoms with Gasteiger partial charge in [-0.15, -0.1) is 0 Å². The van der Waals surface area contributed by atoms with Crippen molar-refractivity contribution >= 4 is 23.3 Å². The molecule has 1 amide bonds. The number of carbonyl (C=O) groups excluding carboxylic acids is 1. The highest BCUT2D eigenvalue weighted by atomic mass is 35.5. The first-order chi connectivity index (χ1) is 9.06. The van der Waals surface area contributed by atoms with Crippen LogP contribution >= 0.6 is 11.6 Å². The Morgan fingerprint density at radius 3 is 2.95 bits per heavy atom. The molecule has 3 rings (SSSR count). The SMILES string of the molecule is NC(=O)[C@@H]1[C@H](Nc2nc(Cl)ncc2F)[C@H]2C=C[C@@H]1C2. The van der Waals surface area contributed by atoms with Crippen molar-refractivity contribution in [2.75, 3.05) is 5.32 Å². The number of anilines is 1.